The van der Waals surface area contributed by atoms with Crippen molar-refractivity contribution in [2.75, 3.05) is 7.11 Å². The monoisotopic (exact) mass is 321 g/mol. The highest BCUT2D eigenvalue weighted by Gasteiger charge is 2.20. The van der Waals surface area contributed by atoms with E-state index in [9.17, 15) is 0 Å². The summed E-state index contributed by atoms with van der Waals surface area (Å²) in [6.45, 7) is 0.815. The van der Waals surface area contributed by atoms with Crippen LogP contribution >= 0.6 is 23.2 Å². The summed E-state index contributed by atoms with van der Waals surface area (Å²) in [4.78, 5) is 0. The number of methoxy groups -OCH3 is 1. The molecule has 0 spiro atoms. The fourth-order valence-electron chi connectivity index (χ4n) is 2.36. The first-order chi connectivity index (χ1) is 10.2. The van der Waals surface area contributed by atoms with E-state index in [0.29, 0.717) is 16.1 Å². The SMILES string of the molecule is COc1ccc(-c2cc(Cl)cc(Cl)c2)cc1CNC1CC1. The van der Waals surface area contributed by atoms with Crippen molar-refractivity contribution in [1.29, 1.82) is 0 Å². The average molecular weight is 322 g/mol. The predicted octanol–water partition coefficient (Wildman–Crippen LogP) is 4.92. The van der Waals surface area contributed by atoms with Crippen molar-refractivity contribution in [3.63, 3.8) is 0 Å². The molecule has 2 aromatic rings. The summed E-state index contributed by atoms with van der Waals surface area (Å²) in [5, 5.41) is 4.81. The molecule has 1 aliphatic rings. The fraction of sp³-hybridized carbons (Fsp3) is 0.294. The maximum Gasteiger partial charge on any atom is 0.123 e. The second-order valence-electron chi connectivity index (χ2n) is 5.34. The molecule has 0 bridgehead atoms. The zero-order valence-electron chi connectivity index (χ0n) is 11.8. The molecule has 0 aromatic heterocycles. The van der Waals surface area contributed by atoms with Crippen molar-refractivity contribution < 1.29 is 4.74 Å². The average Bonchev–Trinajstić information content (AvgIpc) is 3.28. The second-order valence-corrected chi connectivity index (χ2v) is 6.21. The summed E-state index contributed by atoms with van der Waals surface area (Å²) in [5.41, 5.74) is 3.26. The van der Waals surface area contributed by atoms with Crippen LogP contribution in [0.25, 0.3) is 11.1 Å². The third-order valence-electron chi connectivity index (χ3n) is 3.63. The molecule has 2 nitrogen and oxygen atoms in total. The molecule has 1 saturated carbocycles. The van der Waals surface area contributed by atoms with E-state index in [0.717, 1.165) is 29.0 Å². The lowest BCUT2D eigenvalue weighted by molar-refractivity contribution is 0.407. The zero-order chi connectivity index (χ0) is 14.8. The second kappa shape index (κ2) is 6.27. The number of nitrogens with one attached hydrogen (secondary N) is 1. The molecule has 110 valence electrons. The number of hydrogen-bond acceptors (Lipinski definition) is 2. The highest BCUT2D eigenvalue weighted by Crippen LogP contribution is 2.31. The smallest absolute Gasteiger partial charge is 0.123 e. The summed E-state index contributed by atoms with van der Waals surface area (Å²) in [5.74, 6) is 0.903. The van der Waals surface area contributed by atoms with Gasteiger partial charge in [-0.1, -0.05) is 29.3 Å². The summed E-state index contributed by atoms with van der Waals surface area (Å²) in [6.07, 6.45) is 2.54. The van der Waals surface area contributed by atoms with Crippen molar-refractivity contribution in [3.05, 3.63) is 52.0 Å². The molecule has 0 heterocycles. The Hall–Kier alpha value is -1.22. The molecule has 0 saturated heterocycles. The number of rotatable bonds is 5. The van der Waals surface area contributed by atoms with E-state index in [1.807, 2.05) is 24.3 Å². The van der Waals surface area contributed by atoms with E-state index in [1.54, 1.807) is 13.2 Å². The minimum atomic E-state index is 0.644. The van der Waals surface area contributed by atoms with Gasteiger partial charge in [-0.05, 0) is 54.3 Å². The number of halogens is 2. The van der Waals surface area contributed by atoms with Crippen LogP contribution in [0.3, 0.4) is 0 Å². The van der Waals surface area contributed by atoms with Gasteiger partial charge in [0.15, 0.2) is 0 Å². The number of hydrogen-bond donors (Lipinski definition) is 1. The third-order valence-corrected chi connectivity index (χ3v) is 4.07. The standard InChI is InChI=1S/C17H17Cl2NO/c1-21-17-5-2-11(6-13(17)10-20-16-3-4-16)12-7-14(18)9-15(19)8-12/h2,5-9,16,20H,3-4,10H2,1H3. The van der Waals surface area contributed by atoms with Crippen molar-refractivity contribution in [2.45, 2.75) is 25.4 Å². The molecule has 0 aliphatic heterocycles. The van der Waals surface area contributed by atoms with E-state index >= 15 is 0 Å². The van der Waals surface area contributed by atoms with Gasteiger partial charge >= 0.3 is 0 Å². The molecular weight excluding hydrogens is 305 g/mol. The quantitative estimate of drug-likeness (QED) is 0.843. The van der Waals surface area contributed by atoms with E-state index in [1.165, 1.54) is 12.8 Å². The van der Waals surface area contributed by atoms with Crippen LogP contribution in [0.4, 0.5) is 0 Å². The van der Waals surface area contributed by atoms with Gasteiger partial charge < -0.3 is 10.1 Å². The van der Waals surface area contributed by atoms with Crippen LogP contribution in [0.15, 0.2) is 36.4 Å². The van der Waals surface area contributed by atoms with Crippen LogP contribution < -0.4 is 10.1 Å². The highest BCUT2D eigenvalue weighted by atomic mass is 35.5. The number of ether oxygens (including phenoxy) is 1. The van der Waals surface area contributed by atoms with Crippen molar-refractivity contribution in [1.82, 2.24) is 5.32 Å². The molecule has 1 N–H and O–H groups in total. The Labute approximate surface area is 135 Å². The molecule has 0 unspecified atom stereocenters. The summed E-state index contributed by atoms with van der Waals surface area (Å²) < 4.78 is 5.44. The van der Waals surface area contributed by atoms with Crippen LogP contribution in [0, 0.1) is 0 Å². The maximum atomic E-state index is 6.09. The lowest BCUT2D eigenvalue weighted by atomic mass is 10.0. The largest absolute Gasteiger partial charge is 0.496 e. The number of benzene rings is 2. The van der Waals surface area contributed by atoms with E-state index < -0.39 is 0 Å². The molecule has 21 heavy (non-hydrogen) atoms. The summed E-state index contributed by atoms with van der Waals surface area (Å²) >= 11 is 12.2. The van der Waals surface area contributed by atoms with Gasteiger partial charge in [-0.3, -0.25) is 0 Å². The summed E-state index contributed by atoms with van der Waals surface area (Å²) in [7, 11) is 1.70. The van der Waals surface area contributed by atoms with Crippen molar-refractivity contribution in [3.8, 4) is 16.9 Å². The molecule has 1 aliphatic carbocycles. The Morgan fingerprint density at radius 2 is 1.76 bits per heavy atom. The van der Waals surface area contributed by atoms with Crippen molar-refractivity contribution >= 4 is 23.2 Å². The third kappa shape index (κ3) is 3.70. The molecule has 0 radical (unpaired) electrons. The Kier molecular flexibility index (Phi) is 4.39. The first-order valence-corrected chi connectivity index (χ1v) is 7.78. The van der Waals surface area contributed by atoms with E-state index in [4.69, 9.17) is 27.9 Å². The van der Waals surface area contributed by atoms with Gasteiger partial charge in [0.2, 0.25) is 0 Å². The highest BCUT2D eigenvalue weighted by molar-refractivity contribution is 6.35. The Balaban J connectivity index is 1.92. The predicted molar refractivity (Wildman–Crippen MR) is 88.3 cm³/mol. The Morgan fingerprint density at radius 3 is 2.38 bits per heavy atom. The summed E-state index contributed by atoms with van der Waals surface area (Å²) in [6, 6.07) is 12.4. The topological polar surface area (TPSA) is 21.3 Å². The maximum absolute atomic E-state index is 6.09. The Morgan fingerprint density at radius 1 is 1.05 bits per heavy atom. The molecular formula is C17H17Cl2NO. The molecule has 2 aromatic carbocycles. The van der Waals surface area contributed by atoms with Crippen molar-refractivity contribution in [2.24, 2.45) is 0 Å². The van der Waals surface area contributed by atoms with Crippen LogP contribution in [0.1, 0.15) is 18.4 Å². The van der Waals surface area contributed by atoms with Gasteiger partial charge in [-0.15, -0.1) is 0 Å². The van der Waals surface area contributed by atoms with E-state index in [2.05, 4.69) is 11.4 Å². The van der Waals surface area contributed by atoms with Crippen LogP contribution in [0.5, 0.6) is 5.75 Å². The van der Waals surface area contributed by atoms with Gasteiger partial charge in [0.1, 0.15) is 5.75 Å². The fourth-order valence-corrected chi connectivity index (χ4v) is 2.88. The van der Waals surface area contributed by atoms with Gasteiger partial charge in [0.25, 0.3) is 0 Å². The Bertz CT molecular complexity index is 633. The van der Waals surface area contributed by atoms with Gasteiger partial charge in [-0.2, -0.15) is 0 Å². The molecule has 1 fully saturated rings. The minimum absolute atomic E-state index is 0.644. The lowest BCUT2D eigenvalue weighted by Gasteiger charge is -2.12. The molecule has 0 amide bonds. The normalized spacial score (nSPS) is 14.2. The zero-order valence-corrected chi connectivity index (χ0v) is 13.3. The molecule has 4 heteroatoms. The van der Waals surface area contributed by atoms with E-state index in [-0.39, 0.29) is 0 Å². The van der Waals surface area contributed by atoms with Gasteiger partial charge in [-0.25, -0.2) is 0 Å². The minimum Gasteiger partial charge on any atom is -0.496 e. The van der Waals surface area contributed by atoms with Crippen LogP contribution in [-0.2, 0) is 6.54 Å². The lowest BCUT2D eigenvalue weighted by Crippen LogP contribution is -2.15. The van der Waals surface area contributed by atoms with Crippen LogP contribution in [-0.4, -0.2) is 13.2 Å². The van der Waals surface area contributed by atoms with Gasteiger partial charge in [0.05, 0.1) is 7.11 Å². The molecule has 0 atom stereocenters. The first kappa shape index (κ1) is 14.7. The van der Waals surface area contributed by atoms with Gasteiger partial charge in [0, 0.05) is 28.2 Å². The first-order valence-electron chi connectivity index (χ1n) is 7.02. The van der Waals surface area contributed by atoms with Crippen LogP contribution in [0.2, 0.25) is 10.0 Å². The molecule has 3 rings (SSSR count).